The van der Waals surface area contributed by atoms with Crippen molar-refractivity contribution in [2.75, 3.05) is 6.61 Å². The summed E-state index contributed by atoms with van der Waals surface area (Å²) >= 11 is 0. The minimum absolute atomic E-state index is 0.140. The van der Waals surface area contributed by atoms with Gasteiger partial charge in [0, 0.05) is 23.6 Å². The molecule has 42 heavy (non-hydrogen) atoms. The lowest BCUT2D eigenvalue weighted by Gasteiger charge is -2.37. The van der Waals surface area contributed by atoms with Gasteiger partial charge in [0.2, 0.25) is 0 Å². The molecule has 3 aromatic rings. The van der Waals surface area contributed by atoms with E-state index in [1.807, 2.05) is 0 Å². The molecule has 0 unspecified atom stereocenters. The molecule has 3 N–H and O–H groups in total. The Balaban J connectivity index is 0.000000616. The number of amidine groups is 1. The molecule has 1 aromatic carbocycles. The number of aromatic nitrogens is 2. The van der Waals surface area contributed by atoms with Crippen LogP contribution in [0.15, 0.2) is 52.1 Å². The highest BCUT2D eigenvalue weighted by Crippen LogP contribution is 2.41. The van der Waals surface area contributed by atoms with E-state index in [1.165, 1.54) is 43.5 Å². The number of carbonyl (C=O) groups is 1. The Hall–Kier alpha value is -4.51. The zero-order chi connectivity index (χ0) is 31.5. The fourth-order valence-corrected chi connectivity index (χ4v) is 3.61. The van der Waals surface area contributed by atoms with E-state index < -0.39 is 61.3 Å². The van der Waals surface area contributed by atoms with Gasteiger partial charge in [-0.2, -0.15) is 26.3 Å². The number of nitrogens with zero attached hydrogens (tertiary/aromatic N) is 3. The zero-order valence-electron chi connectivity index (χ0n) is 21.0. The van der Waals surface area contributed by atoms with Crippen LogP contribution in [0.5, 0.6) is 5.75 Å². The van der Waals surface area contributed by atoms with Crippen molar-refractivity contribution in [3.05, 3.63) is 54.0 Å². The second kappa shape index (κ2) is 12.2. The second-order valence-electron chi connectivity index (χ2n) is 8.72. The molecule has 2 aromatic heterocycles. The Morgan fingerprint density at radius 1 is 1.14 bits per heavy atom. The molecule has 2 atom stereocenters. The van der Waals surface area contributed by atoms with Crippen molar-refractivity contribution in [1.29, 1.82) is 0 Å². The van der Waals surface area contributed by atoms with Gasteiger partial charge in [0.05, 0.1) is 11.9 Å². The van der Waals surface area contributed by atoms with Crippen LogP contribution in [0, 0.1) is 5.82 Å². The first-order valence-electron chi connectivity index (χ1n) is 11.4. The highest BCUT2D eigenvalue weighted by Gasteiger charge is 2.49. The third-order valence-electron chi connectivity index (χ3n) is 5.52. The van der Waals surface area contributed by atoms with Gasteiger partial charge in [-0.1, -0.05) is 5.16 Å². The Kier molecular flexibility index (Phi) is 9.26. The number of carboxylic acids is 1. The number of alkyl halides is 8. The molecule has 228 valence electrons. The van der Waals surface area contributed by atoms with E-state index in [2.05, 4.69) is 15.1 Å². The fourth-order valence-electron chi connectivity index (χ4n) is 3.61. The number of pyridine rings is 1. The number of hydrogen-bond acceptors (Lipinski definition) is 8. The van der Waals surface area contributed by atoms with E-state index >= 15 is 0 Å². The third kappa shape index (κ3) is 8.03. The summed E-state index contributed by atoms with van der Waals surface area (Å²) in [6.07, 6.45) is -11.8. The van der Waals surface area contributed by atoms with Crippen molar-refractivity contribution in [3.8, 4) is 28.5 Å². The summed E-state index contributed by atoms with van der Waals surface area (Å²) in [5, 5.41) is 11.0. The van der Waals surface area contributed by atoms with E-state index in [4.69, 9.17) is 29.6 Å². The molecule has 0 bridgehead atoms. The number of halogens is 9. The van der Waals surface area contributed by atoms with Crippen molar-refractivity contribution in [3.63, 3.8) is 0 Å². The Morgan fingerprint density at radius 3 is 2.36 bits per heavy atom. The zero-order valence-corrected chi connectivity index (χ0v) is 21.0. The first-order chi connectivity index (χ1) is 19.4. The average Bonchev–Trinajstić information content (AvgIpc) is 3.37. The van der Waals surface area contributed by atoms with Gasteiger partial charge in [-0.05, 0) is 37.3 Å². The summed E-state index contributed by atoms with van der Waals surface area (Å²) in [6, 6.07) is 5.27. The highest BCUT2D eigenvalue weighted by atomic mass is 19.4. The highest BCUT2D eigenvalue weighted by molar-refractivity contribution is 5.74. The van der Waals surface area contributed by atoms with Gasteiger partial charge in [0.1, 0.15) is 29.5 Å². The number of nitrogens with two attached hydrogens (primary N) is 1. The lowest BCUT2D eigenvalue weighted by atomic mass is 9.86. The van der Waals surface area contributed by atoms with Crippen molar-refractivity contribution in [2.45, 2.75) is 43.8 Å². The maximum Gasteiger partial charge on any atom is 0.490 e. The first-order valence-corrected chi connectivity index (χ1v) is 11.4. The van der Waals surface area contributed by atoms with Gasteiger partial charge in [0.15, 0.2) is 11.8 Å². The molecule has 3 heterocycles. The number of hydrogen-bond donors (Lipinski definition) is 2. The molecule has 18 heteroatoms. The Labute approximate surface area is 229 Å². The molecule has 9 nitrogen and oxygen atoms in total. The standard InChI is InChI=1S/C22H18F6N4O3.C2HF3O2/c1-21(8-18(22(26,27)28)31-20(29)34-21)13-6-11(2-4-14(13)23)17-7-16(32-35-17)15-5-3-12(9-30-15)33-10-19(24)25;3-2(4,5)1(6)7/h2-7,9,18-19H,8,10H2,1H3,(H2,29,31);(H,6,7)/t18-,21-;/m0./s1. The topological polar surface area (TPSA) is 133 Å². The molecule has 4 rings (SSSR count). The number of ether oxygens (including phenoxy) is 2. The Bertz CT molecular complexity index is 1420. The molecule has 0 radical (unpaired) electrons. The number of carboxylic acid groups (broad SMARTS) is 1. The number of rotatable bonds is 6. The van der Waals surface area contributed by atoms with Crippen LogP contribution in [0.1, 0.15) is 18.9 Å². The maximum absolute atomic E-state index is 14.7. The third-order valence-corrected chi connectivity index (χ3v) is 5.52. The molecule has 1 aliphatic rings. The van der Waals surface area contributed by atoms with Crippen LogP contribution < -0.4 is 10.5 Å². The lowest BCUT2D eigenvalue weighted by molar-refractivity contribution is -0.192. The molecule has 0 amide bonds. The largest absolute Gasteiger partial charge is 0.490 e. The lowest BCUT2D eigenvalue weighted by Crippen LogP contribution is -2.46. The quantitative estimate of drug-likeness (QED) is 0.338. The molecule has 0 saturated carbocycles. The fraction of sp³-hybridized carbons (Fsp3) is 0.333. The smallest absolute Gasteiger partial charge is 0.486 e. The van der Waals surface area contributed by atoms with E-state index in [1.54, 1.807) is 0 Å². The molecule has 0 saturated heterocycles. The number of aliphatic imine (C=N–C) groups is 1. The average molecular weight is 614 g/mol. The number of aliphatic carboxylic acids is 1. The molecule has 1 aliphatic heterocycles. The van der Waals surface area contributed by atoms with E-state index in [-0.39, 0.29) is 22.8 Å². The van der Waals surface area contributed by atoms with Gasteiger partial charge in [-0.25, -0.2) is 23.0 Å². The summed E-state index contributed by atoms with van der Waals surface area (Å²) in [5.74, 6) is -3.24. The van der Waals surface area contributed by atoms with Crippen LogP contribution in [-0.2, 0) is 15.1 Å². The van der Waals surface area contributed by atoms with E-state index in [0.717, 1.165) is 6.07 Å². The number of benzene rings is 1. The minimum Gasteiger partial charge on any atom is -0.486 e. The normalized spacial score (nSPS) is 18.9. The Morgan fingerprint density at radius 2 is 1.81 bits per heavy atom. The van der Waals surface area contributed by atoms with Gasteiger partial charge in [-0.3, -0.25) is 4.98 Å². The van der Waals surface area contributed by atoms with Gasteiger partial charge >= 0.3 is 18.3 Å². The predicted octanol–water partition coefficient (Wildman–Crippen LogP) is 5.70. The van der Waals surface area contributed by atoms with Crippen LogP contribution in [-0.4, -0.2) is 58.7 Å². The van der Waals surface area contributed by atoms with Gasteiger partial charge in [0.25, 0.3) is 12.4 Å². The van der Waals surface area contributed by atoms with Crippen molar-refractivity contribution < 1.29 is 63.4 Å². The molecular weight excluding hydrogens is 595 g/mol. The first kappa shape index (κ1) is 32.0. The summed E-state index contributed by atoms with van der Waals surface area (Å²) in [5.41, 5.74) is 4.48. The van der Waals surface area contributed by atoms with Crippen LogP contribution in [0.4, 0.5) is 39.5 Å². The van der Waals surface area contributed by atoms with Crippen LogP contribution in [0.2, 0.25) is 0 Å². The summed E-state index contributed by atoms with van der Waals surface area (Å²) in [4.78, 5) is 16.3. The monoisotopic (exact) mass is 614 g/mol. The van der Waals surface area contributed by atoms with Crippen molar-refractivity contribution in [2.24, 2.45) is 10.7 Å². The van der Waals surface area contributed by atoms with Crippen molar-refractivity contribution >= 4 is 12.0 Å². The van der Waals surface area contributed by atoms with Crippen LogP contribution >= 0.6 is 0 Å². The van der Waals surface area contributed by atoms with Gasteiger partial charge in [-0.15, -0.1) is 0 Å². The maximum atomic E-state index is 14.7. The van der Waals surface area contributed by atoms with Crippen LogP contribution in [0.25, 0.3) is 22.7 Å². The molecular formula is C24H19F9N4O5. The summed E-state index contributed by atoms with van der Waals surface area (Å²) < 4.78 is 126. The van der Waals surface area contributed by atoms with Crippen LogP contribution in [0.3, 0.4) is 0 Å². The SMILES string of the molecule is C[C@@]1(c2cc(-c3cc(-c4ccc(OCC(F)F)cn4)no3)ccc2F)C[C@@H](C(F)(F)F)N=C(N)O1.O=C(O)C(F)(F)F. The predicted molar refractivity (Wildman–Crippen MR) is 125 cm³/mol. The molecule has 0 fully saturated rings. The summed E-state index contributed by atoms with van der Waals surface area (Å²) in [7, 11) is 0. The second-order valence-corrected chi connectivity index (χ2v) is 8.72. The van der Waals surface area contributed by atoms with E-state index in [9.17, 15) is 39.5 Å². The van der Waals surface area contributed by atoms with Crippen molar-refractivity contribution in [1.82, 2.24) is 10.1 Å². The minimum atomic E-state index is -5.08. The molecule has 0 spiro atoms. The summed E-state index contributed by atoms with van der Waals surface area (Å²) in [6.45, 7) is 0.523. The van der Waals surface area contributed by atoms with E-state index in [0.29, 0.717) is 11.3 Å². The molecule has 0 aliphatic carbocycles. The van der Waals surface area contributed by atoms with Gasteiger partial charge < -0.3 is 24.8 Å².